The molecule has 0 saturated carbocycles. The predicted molar refractivity (Wildman–Crippen MR) is 79.2 cm³/mol. The van der Waals surface area contributed by atoms with Crippen molar-refractivity contribution in [3.63, 3.8) is 0 Å². The zero-order valence-electron chi connectivity index (χ0n) is 12.9. The van der Waals surface area contributed by atoms with Gasteiger partial charge in [0, 0.05) is 17.6 Å². The Hall–Kier alpha value is -1.52. The molecule has 1 rings (SSSR count). The number of hydrogen-bond donors (Lipinski definition) is 1. The number of ether oxygens (including phenoxy) is 1. The minimum Gasteiger partial charge on any atom is -1.00 e. The highest BCUT2D eigenvalue weighted by molar-refractivity contribution is 5.86. The van der Waals surface area contributed by atoms with Crippen molar-refractivity contribution in [1.82, 2.24) is 0 Å². The Labute approximate surface area is 133 Å². The molecule has 0 aliphatic rings. The van der Waals surface area contributed by atoms with E-state index in [1.54, 1.807) is 13.0 Å². The molecular weight excluding hydrogens is 290 g/mol. The van der Waals surface area contributed by atoms with Gasteiger partial charge in [0.05, 0.1) is 27.2 Å². The summed E-state index contributed by atoms with van der Waals surface area (Å²) in [7, 11) is 4.18. The van der Waals surface area contributed by atoms with E-state index in [9.17, 15) is 9.90 Å². The predicted octanol–water partition coefficient (Wildman–Crippen LogP) is -0.518. The van der Waals surface area contributed by atoms with E-state index in [2.05, 4.69) is 20.7 Å². The molecule has 0 heterocycles. The maximum absolute atomic E-state index is 11.2. The molecule has 0 atom stereocenters. The van der Waals surface area contributed by atoms with Gasteiger partial charge in [-0.25, -0.2) is 4.79 Å². The average molecular weight is 314 g/mol. The Bertz CT molecular complexity index is 486. The van der Waals surface area contributed by atoms with E-state index in [1.807, 2.05) is 18.2 Å². The number of halogens is 1. The second-order valence-corrected chi connectivity index (χ2v) is 5.72. The highest BCUT2D eigenvalue weighted by atomic mass is 35.5. The van der Waals surface area contributed by atoms with Gasteiger partial charge < -0.3 is 26.7 Å². The third-order valence-corrected chi connectivity index (χ3v) is 3.08. The molecule has 0 saturated heterocycles. The number of phenols is 1. The number of hydrogen-bond acceptors (Lipinski definition) is 3. The van der Waals surface area contributed by atoms with E-state index in [-0.39, 0.29) is 18.4 Å². The lowest BCUT2D eigenvalue weighted by Gasteiger charge is -2.30. The Morgan fingerprint density at radius 1 is 1.33 bits per heavy atom. The lowest BCUT2D eigenvalue weighted by molar-refractivity contribution is -0.903. The Kier molecular flexibility index (Phi) is 8.07. The first-order valence-electron chi connectivity index (χ1n) is 6.73. The zero-order chi connectivity index (χ0) is 15.2. The van der Waals surface area contributed by atoms with Gasteiger partial charge in [0.15, 0.2) is 0 Å². The van der Waals surface area contributed by atoms with Crippen LogP contribution in [0.2, 0.25) is 0 Å². The minimum absolute atomic E-state index is 0. The lowest BCUT2D eigenvalue weighted by Crippen LogP contribution is -3.00. The van der Waals surface area contributed by atoms with Crippen LogP contribution in [0.3, 0.4) is 0 Å². The van der Waals surface area contributed by atoms with Gasteiger partial charge in [0.2, 0.25) is 0 Å². The van der Waals surface area contributed by atoms with Crippen molar-refractivity contribution in [3.05, 3.63) is 42.0 Å². The molecule has 21 heavy (non-hydrogen) atoms. The van der Waals surface area contributed by atoms with E-state index >= 15 is 0 Å². The summed E-state index contributed by atoms with van der Waals surface area (Å²) in [5.41, 5.74) is 1.35. The van der Waals surface area contributed by atoms with Gasteiger partial charge in [0.25, 0.3) is 0 Å². The van der Waals surface area contributed by atoms with Gasteiger partial charge in [-0.3, -0.25) is 0 Å². The largest absolute Gasteiger partial charge is 1.00 e. The smallest absolute Gasteiger partial charge is 0.333 e. The fourth-order valence-electron chi connectivity index (χ4n) is 1.97. The summed E-state index contributed by atoms with van der Waals surface area (Å²) in [6.07, 6.45) is 0.777. The second kappa shape index (κ2) is 8.70. The average Bonchev–Trinajstić information content (AvgIpc) is 2.37. The maximum Gasteiger partial charge on any atom is 0.333 e. The van der Waals surface area contributed by atoms with Gasteiger partial charge in [-0.15, -0.1) is 0 Å². The summed E-state index contributed by atoms with van der Waals surface area (Å²) >= 11 is 0. The van der Waals surface area contributed by atoms with E-state index in [4.69, 9.17) is 4.74 Å². The van der Waals surface area contributed by atoms with Crippen molar-refractivity contribution in [2.75, 3.05) is 27.2 Å². The first-order valence-corrected chi connectivity index (χ1v) is 6.73. The third-order valence-electron chi connectivity index (χ3n) is 3.08. The van der Waals surface area contributed by atoms with Crippen LogP contribution in [0.5, 0.6) is 5.75 Å². The molecule has 0 bridgehead atoms. The summed E-state index contributed by atoms with van der Waals surface area (Å²) in [6.45, 7) is 7.17. The number of quaternary nitrogens is 1. The Morgan fingerprint density at radius 3 is 2.52 bits per heavy atom. The Morgan fingerprint density at radius 2 is 1.95 bits per heavy atom. The number of carbonyl (C=O) groups excluding carboxylic acids is 1. The maximum atomic E-state index is 11.2. The molecule has 1 aromatic rings. The molecule has 1 N–H and O–H groups in total. The van der Waals surface area contributed by atoms with Crippen LogP contribution in [0.25, 0.3) is 0 Å². The van der Waals surface area contributed by atoms with Crippen LogP contribution >= 0.6 is 0 Å². The fraction of sp³-hybridized carbons (Fsp3) is 0.438. The molecule has 5 heteroatoms. The molecule has 1 aromatic carbocycles. The lowest BCUT2D eigenvalue weighted by atomic mass is 10.1. The number of benzene rings is 1. The van der Waals surface area contributed by atoms with E-state index in [1.165, 1.54) is 0 Å². The van der Waals surface area contributed by atoms with Gasteiger partial charge >= 0.3 is 5.97 Å². The summed E-state index contributed by atoms with van der Waals surface area (Å²) in [5.74, 6) is -0.0107. The molecule has 0 aliphatic carbocycles. The SMILES string of the molecule is C=C(C)C(=O)OCCC[N+](C)(C)Cc1ccccc1O.[Cl-]. The molecule has 0 aromatic heterocycles. The number of carbonyl (C=O) groups is 1. The summed E-state index contributed by atoms with van der Waals surface area (Å²) in [5, 5.41) is 9.79. The highest BCUT2D eigenvalue weighted by Gasteiger charge is 2.17. The van der Waals surface area contributed by atoms with Crippen molar-refractivity contribution in [2.24, 2.45) is 0 Å². The van der Waals surface area contributed by atoms with E-state index < -0.39 is 0 Å². The van der Waals surface area contributed by atoms with Gasteiger partial charge in [-0.1, -0.05) is 18.7 Å². The van der Waals surface area contributed by atoms with Crippen molar-refractivity contribution in [3.8, 4) is 5.75 Å². The normalized spacial score (nSPS) is 10.6. The number of aromatic hydroxyl groups is 1. The number of esters is 1. The van der Waals surface area contributed by atoms with Crippen molar-refractivity contribution in [1.29, 1.82) is 0 Å². The summed E-state index contributed by atoms with van der Waals surface area (Å²) < 4.78 is 5.80. The van der Waals surface area contributed by atoms with Crippen molar-refractivity contribution >= 4 is 5.97 Å². The number of nitrogens with zero attached hydrogens (tertiary/aromatic N) is 1. The van der Waals surface area contributed by atoms with Crippen molar-refractivity contribution < 1.29 is 31.5 Å². The molecule has 0 fully saturated rings. The second-order valence-electron chi connectivity index (χ2n) is 5.72. The van der Waals surface area contributed by atoms with Gasteiger partial charge in [0.1, 0.15) is 12.3 Å². The van der Waals surface area contributed by atoms with Crippen LogP contribution in [0.15, 0.2) is 36.4 Å². The highest BCUT2D eigenvalue weighted by Crippen LogP contribution is 2.19. The monoisotopic (exact) mass is 313 g/mol. The summed E-state index contributed by atoms with van der Waals surface area (Å²) in [4.78, 5) is 11.2. The molecule has 118 valence electrons. The zero-order valence-corrected chi connectivity index (χ0v) is 13.7. The molecule has 0 amide bonds. The Balaban J connectivity index is 0.00000400. The van der Waals surface area contributed by atoms with Crippen LogP contribution in [-0.4, -0.2) is 42.8 Å². The number of rotatable bonds is 7. The van der Waals surface area contributed by atoms with Crippen LogP contribution in [0, 0.1) is 0 Å². The number of phenolic OH excluding ortho intramolecular Hbond substituents is 1. The fourth-order valence-corrected chi connectivity index (χ4v) is 1.97. The van der Waals surface area contributed by atoms with Gasteiger partial charge in [-0.05, 0) is 19.1 Å². The molecule has 0 spiro atoms. The summed E-state index contributed by atoms with van der Waals surface area (Å²) in [6, 6.07) is 7.36. The van der Waals surface area contributed by atoms with Crippen LogP contribution in [-0.2, 0) is 16.1 Å². The van der Waals surface area contributed by atoms with E-state index in [0.717, 1.165) is 29.6 Å². The number of para-hydroxylation sites is 1. The first kappa shape index (κ1) is 19.5. The van der Waals surface area contributed by atoms with Crippen LogP contribution in [0.1, 0.15) is 18.9 Å². The molecular formula is C16H24ClNO3. The molecule has 0 radical (unpaired) electrons. The van der Waals surface area contributed by atoms with Gasteiger partial charge in [-0.2, -0.15) is 0 Å². The third kappa shape index (κ3) is 7.16. The quantitative estimate of drug-likeness (QED) is 0.319. The molecule has 4 nitrogen and oxygen atoms in total. The van der Waals surface area contributed by atoms with Crippen molar-refractivity contribution in [2.45, 2.75) is 19.9 Å². The van der Waals surface area contributed by atoms with E-state index in [0.29, 0.717) is 17.9 Å². The minimum atomic E-state index is -0.337. The first-order chi connectivity index (χ1) is 9.32. The van der Waals surface area contributed by atoms with Crippen LogP contribution < -0.4 is 12.4 Å². The molecule has 0 unspecified atom stereocenters. The van der Waals surface area contributed by atoms with Crippen LogP contribution in [0.4, 0.5) is 0 Å². The standard InChI is InChI=1S/C16H23NO3.ClH/c1-13(2)16(19)20-11-7-10-17(3,4)12-14-8-5-6-9-15(14)18;/h5-6,8-9H,1,7,10-12H2,2-4H3;1H. The molecule has 0 aliphatic heterocycles. The topological polar surface area (TPSA) is 46.5 Å².